The Morgan fingerprint density at radius 2 is 2.03 bits per heavy atom. The maximum Gasteiger partial charge on any atom is 0.257 e. The molecule has 0 aliphatic heterocycles. The van der Waals surface area contributed by atoms with Gasteiger partial charge in [0.2, 0.25) is 5.91 Å². The van der Waals surface area contributed by atoms with E-state index >= 15 is 0 Å². The van der Waals surface area contributed by atoms with E-state index in [9.17, 15) is 9.59 Å². The first-order valence-corrected chi connectivity index (χ1v) is 11.7. The monoisotopic (exact) mass is 489 g/mol. The van der Waals surface area contributed by atoms with E-state index in [4.69, 9.17) is 16.3 Å². The van der Waals surface area contributed by atoms with E-state index in [1.54, 1.807) is 24.4 Å². The first-order chi connectivity index (χ1) is 17.0. The Morgan fingerprint density at radius 1 is 1.17 bits per heavy atom. The van der Waals surface area contributed by atoms with Gasteiger partial charge in [0.05, 0.1) is 33.7 Å². The molecule has 2 heterocycles. The van der Waals surface area contributed by atoms with Gasteiger partial charge in [-0.1, -0.05) is 23.7 Å². The maximum atomic E-state index is 13.1. The highest BCUT2D eigenvalue weighted by Gasteiger charge is 2.25. The Labute approximate surface area is 207 Å². The average Bonchev–Trinajstić information content (AvgIpc) is 3.62. The van der Waals surface area contributed by atoms with E-state index in [2.05, 4.69) is 26.8 Å². The number of halogens is 1. The molecule has 1 aliphatic rings. The molecule has 0 radical (unpaired) electrons. The molecule has 9 heteroatoms. The Balaban J connectivity index is 1.38. The van der Waals surface area contributed by atoms with Crippen molar-refractivity contribution in [1.82, 2.24) is 20.1 Å². The highest BCUT2D eigenvalue weighted by atomic mass is 35.5. The molecule has 0 saturated heterocycles. The number of anilines is 1. The van der Waals surface area contributed by atoms with E-state index in [0.29, 0.717) is 22.2 Å². The van der Waals surface area contributed by atoms with E-state index in [0.717, 1.165) is 27.8 Å². The summed E-state index contributed by atoms with van der Waals surface area (Å²) in [6.45, 7) is 0.233. The smallest absolute Gasteiger partial charge is 0.257 e. The molecule has 4 aromatic rings. The van der Waals surface area contributed by atoms with Crippen LogP contribution in [0.4, 0.5) is 5.69 Å². The molecule has 2 amide bonds. The van der Waals surface area contributed by atoms with E-state index in [1.165, 1.54) is 20.0 Å². The molecule has 1 aliphatic carbocycles. The van der Waals surface area contributed by atoms with Gasteiger partial charge in [-0.05, 0) is 54.8 Å². The fourth-order valence-corrected chi connectivity index (χ4v) is 4.17. The van der Waals surface area contributed by atoms with Crippen molar-refractivity contribution in [2.45, 2.75) is 25.3 Å². The number of methoxy groups -OCH3 is 1. The normalized spacial score (nSPS) is 13.1. The van der Waals surface area contributed by atoms with E-state index in [-0.39, 0.29) is 25.0 Å². The maximum absolute atomic E-state index is 13.1. The Hall–Kier alpha value is -3.75. The van der Waals surface area contributed by atoms with Gasteiger partial charge in [0.1, 0.15) is 6.61 Å². The Kier molecular flexibility index (Phi) is 6.48. The summed E-state index contributed by atoms with van der Waals surface area (Å²) in [4.78, 5) is 29.3. The predicted molar refractivity (Wildman–Crippen MR) is 134 cm³/mol. The largest absolute Gasteiger partial charge is 0.375 e. The first kappa shape index (κ1) is 23.0. The molecule has 0 bridgehead atoms. The molecule has 2 N–H and O–H groups in total. The van der Waals surface area contributed by atoms with Crippen LogP contribution < -0.4 is 10.6 Å². The lowest BCUT2D eigenvalue weighted by atomic mass is 10.1. The molecule has 35 heavy (non-hydrogen) atoms. The van der Waals surface area contributed by atoms with Gasteiger partial charge in [-0.15, -0.1) is 0 Å². The lowest BCUT2D eigenvalue weighted by Crippen LogP contribution is -2.26. The lowest BCUT2D eigenvalue weighted by molar-refractivity contribution is -0.124. The molecule has 5 rings (SSSR count). The number of nitrogens with one attached hydrogen (secondary N) is 2. The van der Waals surface area contributed by atoms with Gasteiger partial charge in [0, 0.05) is 36.8 Å². The molecule has 2 aromatic heterocycles. The van der Waals surface area contributed by atoms with E-state index < -0.39 is 0 Å². The standard InChI is InChI=1S/C26H24ClN5O3/c1-35-15-25(33)29-13-16-5-8-21(27)19(11-16)26(34)31-22-3-2-4-24-20(22)14-30-32(24)18-9-10-28-23(12-18)17-6-7-17/h2-5,8-12,14,17H,6-7,13,15H2,1H3,(H,29,33)(H,31,34). The van der Waals surface area contributed by atoms with Crippen LogP contribution in [0, 0.1) is 0 Å². The summed E-state index contributed by atoms with van der Waals surface area (Å²) >= 11 is 6.33. The number of amides is 2. The van der Waals surface area contributed by atoms with Crippen molar-refractivity contribution < 1.29 is 14.3 Å². The second kappa shape index (κ2) is 9.85. The van der Waals surface area contributed by atoms with Crippen LogP contribution in [0.3, 0.4) is 0 Å². The molecule has 0 unspecified atom stereocenters. The summed E-state index contributed by atoms with van der Waals surface area (Å²) in [6, 6.07) is 14.8. The number of rotatable bonds is 8. The van der Waals surface area contributed by atoms with Crippen molar-refractivity contribution >= 4 is 40.0 Å². The number of hydrogen-bond donors (Lipinski definition) is 2. The van der Waals surface area contributed by atoms with Crippen LogP contribution in [-0.2, 0) is 16.1 Å². The summed E-state index contributed by atoms with van der Waals surface area (Å²) in [5.41, 5.74) is 4.59. The Morgan fingerprint density at radius 3 is 2.83 bits per heavy atom. The number of pyridine rings is 1. The highest BCUT2D eigenvalue weighted by molar-refractivity contribution is 6.34. The van der Waals surface area contributed by atoms with Crippen molar-refractivity contribution in [2.24, 2.45) is 0 Å². The van der Waals surface area contributed by atoms with Crippen molar-refractivity contribution in [2.75, 3.05) is 19.0 Å². The van der Waals surface area contributed by atoms with Gasteiger partial charge < -0.3 is 15.4 Å². The second-order valence-electron chi connectivity index (χ2n) is 8.49. The second-order valence-corrected chi connectivity index (χ2v) is 8.89. The average molecular weight is 490 g/mol. The molecule has 8 nitrogen and oxygen atoms in total. The molecule has 1 saturated carbocycles. The Bertz CT molecular complexity index is 1410. The number of fused-ring (bicyclic) bond motifs is 1. The minimum Gasteiger partial charge on any atom is -0.375 e. The molecule has 178 valence electrons. The fraction of sp³-hybridized carbons (Fsp3) is 0.231. The highest BCUT2D eigenvalue weighted by Crippen LogP contribution is 2.39. The molecular formula is C26H24ClN5O3. The molecule has 0 spiro atoms. The first-order valence-electron chi connectivity index (χ1n) is 11.3. The third kappa shape index (κ3) is 5.03. The zero-order valence-corrected chi connectivity index (χ0v) is 19.9. The summed E-state index contributed by atoms with van der Waals surface area (Å²) in [5.74, 6) is -0.0451. The summed E-state index contributed by atoms with van der Waals surface area (Å²) in [5, 5.41) is 11.4. The van der Waals surface area contributed by atoms with Gasteiger partial charge in [-0.2, -0.15) is 5.10 Å². The molecule has 2 aromatic carbocycles. The topological polar surface area (TPSA) is 98.1 Å². The fourth-order valence-electron chi connectivity index (χ4n) is 3.97. The van der Waals surface area contributed by atoms with Gasteiger partial charge in [-0.3, -0.25) is 14.6 Å². The van der Waals surface area contributed by atoms with Gasteiger partial charge in [0.25, 0.3) is 5.91 Å². The van der Waals surface area contributed by atoms with Crippen molar-refractivity contribution in [1.29, 1.82) is 0 Å². The van der Waals surface area contributed by atoms with Gasteiger partial charge in [-0.25, -0.2) is 4.68 Å². The van der Waals surface area contributed by atoms with Crippen LogP contribution in [0.5, 0.6) is 0 Å². The quantitative estimate of drug-likeness (QED) is 0.380. The summed E-state index contributed by atoms with van der Waals surface area (Å²) in [6.07, 6.45) is 5.91. The summed E-state index contributed by atoms with van der Waals surface area (Å²) in [7, 11) is 1.46. The van der Waals surface area contributed by atoms with Gasteiger partial charge in [0.15, 0.2) is 0 Å². The molecular weight excluding hydrogens is 466 g/mol. The number of aromatic nitrogens is 3. The van der Waals surface area contributed by atoms with Crippen LogP contribution in [0.1, 0.15) is 40.4 Å². The van der Waals surface area contributed by atoms with Crippen molar-refractivity contribution in [3.05, 3.63) is 82.8 Å². The zero-order chi connectivity index (χ0) is 24.4. The van der Waals surface area contributed by atoms with E-state index in [1.807, 2.05) is 35.1 Å². The zero-order valence-electron chi connectivity index (χ0n) is 19.1. The van der Waals surface area contributed by atoms with Crippen LogP contribution >= 0.6 is 11.6 Å². The van der Waals surface area contributed by atoms with Crippen LogP contribution in [0.15, 0.2) is 60.9 Å². The van der Waals surface area contributed by atoms with Crippen LogP contribution in [-0.4, -0.2) is 40.3 Å². The van der Waals surface area contributed by atoms with Crippen molar-refractivity contribution in [3.63, 3.8) is 0 Å². The number of carbonyl (C=O) groups is 2. The van der Waals surface area contributed by atoms with Gasteiger partial charge >= 0.3 is 0 Å². The molecule has 0 atom stereocenters. The summed E-state index contributed by atoms with van der Waals surface area (Å²) < 4.78 is 6.67. The van der Waals surface area contributed by atoms with Crippen molar-refractivity contribution in [3.8, 4) is 5.69 Å². The number of hydrogen-bond acceptors (Lipinski definition) is 5. The number of ether oxygens (including phenoxy) is 1. The third-order valence-corrected chi connectivity index (χ3v) is 6.24. The number of carbonyl (C=O) groups excluding carboxylic acids is 2. The minimum absolute atomic E-state index is 0.0278. The van der Waals surface area contributed by atoms with Crippen LogP contribution in [0.2, 0.25) is 5.02 Å². The molecule has 1 fully saturated rings. The lowest BCUT2D eigenvalue weighted by Gasteiger charge is -2.11. The third-order valence-electron chi connectivity index (χ3n) is 5.91. The number of benzene rings is 2. The minimum atomic E-state index is -0.347. The van der Waals surface area contributed by atoms with Crippen LogP contribution in [0.25, 0.3) is 16.6 Å². The number of nitrogens with zero attached hydrogens (tertiary/aromatic N) is 3. The SMILES string of the molecule is COCC(=O)NCc1ccc(Cl)c(C(=O)Nc2cccc3c2cnn3-c2ccnc(C3CC3)c2)c1. The predicted octanol–water partition coefficient (Wildman–Crippen LogP) is 4.47.